The number of aromatic nitrogens is 2. The summed E-state index contributed by atoms with van der Waals surface area (Å²) in [6.07, 6.45) is 0. The van der Waals surface area contributed by atoms with Crippen molar-refractivity contribution in [3.63, 3.8) is 0 Å². The maximum Gasteiger partial charge on any atom is 0.343 e. The lowest BCUT2D eigenvalue weighted by atomic mass is 10.2. The molecule has 8 heteroatoms. The molecule has 0 radical (unpaired) electrons. The number of esters is 1. The van der Waals surface area contributed by atoms with Crippen LogP contribution in [0.25, 0.3) is 11.4 Å². The van der Waals surface area contributed by atoms with Gasteiger partial charge in [0.05, 0.1) is 12.1 Å². The first kappa shape index (κ1) is 16.9. The molecule has 128 valence electrons. The molecule has 0 fully saturated rings. The third kappa shape index (κ3) is 3.77. The number of carbonyl (C=O) groups is 1. The van der Waals surface area contributed by atoms with E-state index in [4.69, 9.17) is 25.6 Å². The molecular weight excluding hydrogens is 351 g/mol. The second kappa shape index (κ2) is 7.31. The van der Waals surface area contributed by atoms with Gasteiger partial charge < -0.3 is 14.0 Å². The van der Waals surface area contributed by atoms with Gasteiger partial charge in [0.1, 0.15) is 17.1 Å². The molecule has 0 aliphatic heterocycles. The molecule has 0 unspecified atom stereocenters. The maximum absolute atomic E-state index is 13.7. The van der Waals surface area contributed by atoms with E-state index in [1.807, 2.05) is 0 Å². The maximum atomic E-state index is 13.7. The van der Waals surface area contributed by atoms with E-state index in [1.54, 1.807) is 31.4 Å². The van der Waals surface area contributed by atoms with Crippen LogP contribution in [0.3, 0.4) is 0 Å². The van der Waals surface area contributed by atoms with Crippen LogP contribution in [0.5, 0.6) is 5.75 Å². The Hall–Kier alpha value is -2.93. The predicted octanol–water partition coefficient (Wildman–Crippen LogP) is 3.89. The largest absolute Gasteiger partial charge is 0.497 e. The number of rotatable bonds is 5. The van der Waals surface area contributed by atoms with Crippen LogP contribution in [0.4, 0.5) is 4.39 Å². The zero-order valence-corrected chi connectivity index (χ0v) is 13.8. The lowest BCUT2D eigenvalue weighted by Gasteiger charge is -2.04. The van der Waals surface area contributed by atoms with Gasteiger partial charge in [-0.15, -0.1) is 0 Å². The molecule has 0 bridgehead atoms. The minimum Gasteiger partial charge on any atom is -0.497 e. The molecule has 0 saturated carbocycles. The highest BCUT2D eigenvalue weighted by atomic mass is 35.5. The van der Waals surface area contributed by atoms with Gasteiger partial charge in [-0.2, -0.15) is 4.98 Å². The molecule has 0 saturated heterocycles. The van der Waals surface area contributed by atoms with Crippen molar-refractivity contribution in [3.05, 3.63) is 64.8 Å². The van der Waals surface area contributed by atoms with E-state index in [2.05, 4.69) is 10.1 Å². The second-order valence-corrected chi connectivity index (χ2v) is 5.32. The molecule has 0 N–H and O–H groups in total. The first-order valence-corrected chi connectivity index (χ1v) is 7.54. The SMILES string of the molecule is COc1ccc(-c2noc(COC(=O)c3c(F)cccc3Cl)n2)cc1. The highest BCUT2D eigenvalue weighted by Crippen LogP contribution is 2.22. The summed E-state index contributed by atoms with van der Waals surface area (Å²) < 4.78 is 28.7. The van der Waals surface area contributed by atoms with Crippen molar-refractivity contribution in [2.45, 2.75) is 6.61 Å². The normalized spacial score (nSPS) is 10.5. The number of benzene rings is 2. The van der Waals surface area contributed by atoms with Crippen LogP contribution >= 0.6 is 11.6 Å². The molecule has 0 aliphatic rings. The van der Waals surface area contributed by atoms with Crippen LogP contribution in [0.1, 0.15) is 16.2 Å². The van der Waals surface area contributed by atoms with E-state index in [0.717, 1.165) is 6.07 Å². The third-order valence-corrected chi connectivity index (χ3v) is 3.62. The number of hydrogen-bond donors (Lipinski definition) is 0. The van der Waals surface area contributed by atoms with E-state index in [0.29, 0.717) is 17.1 Å². The smallest absolute Gasteiger partial charge is 0.343 e. The van der Waals surface area contributed by atoms with Crippen LogP contribution in [0.2, 0.25) is 5.02 Å². The van der Waals surface area contributed by atoms with Crippen molar-refractivity contribution < 1.29 is 23.2 Å². The van der Waals surface area contributed by atoms with Crippen molar-refractivity contribution in [2.24, 2.45) is 0 Å². The summed E-state index contributed by atoms with van der Waals surface area (Å²) in [7, 11) is 1.57. The molecule has 1 heterocycles. The van der Waals surface area contributed by atoms with Gasteiger partial charge in [-0.25, -0.2) is 9.18 Å². The molecule has 3 aromatic rings. The highest BCUT2D eigenvalue weighted by Gasteiger charge is 2.18. The fourth-order valence-electron chi connectivity index (χ4n) is 2.06. The fraction of sp³-hybridized carbons (Fsp3) is 0.118. The number of ether oxygens (including phenoxy) is 2. The topological polar surface area (TPSA) is 74.5 Å². The van der Waals surface area contributed by atoms with Gasteiger partial charge in [0.2, 0.25) is 5.82 Å². The van der Waals surface area contributed by atoms with Gasteiger partial charge in [-0.05, 0) is 36.4 Å². The Bertz CT molecular complexity index is 876. The zero-order valence-electron chi connectivity index (χ0n) is 13.0. The third-order valence-electron chi connectivity index (χ3n) is 3.31. The van der Waals surface area contributed by atoms with Gasteiger partial charge in [0, 0.05) is 5.56 Å². The Morgan fingerprint density at radius 2 is 2.00 bits per heavy atom. The molecule has 0 amide bonds. The summed E-state index contributed by atoms with van der Waals surface area (Å²) in [5.41, 5.74) is 0.373. The average Bonchev–Trinajstić information content (AvgIpc) is 3.09. The number of nitrogens with zero attached hydrogens (tertiary/aromatic N) is 2. The number of methoxy groups -OCH3 is 1. The Morgan fingerprint density at radius 1 is 1.24 bits per heavy atom. The Kier molecular flexibility index (Phi) is 4.95. The van der Waals surface area contributed by atoms with Gasteiger partial charge in [-0.1, -0.05) is 22.8 Å². The molecule has 3 rings (SSSR count). The van der Waals surface area contributed by atoms with E-state index < -0.39 is 11.8 Å². The van der Waals surface area contributed by atoms with Crippen LogP contribution in [0.15, 0.2) is 47.0 Å². The van der Waals surface area contributed by atoms with E-state index in [1.165, 1.54) is 12.1 Å². The molecule has 2 aromatic carbocycles. The van der Waals surface area contributed by atoms with Crippen molar-refractivity contribution in [1.29, 1.82) is 0 Å². The lowest BCUT2D eigenvalue weighted by molar-refractivity contribution is 0.0424. The summed E-state index contributed by atoms with van der Waals surface area (Å²) in [5, 5.41) is 3.78. The Morgan fingerprint density at radius 3 is 2.68 bits per heavy atom. The van der Waals surface area contributed by atoms with Crippen LogP contribution < -0.4 is 4.74 Å². The summed E-state index contributed by atoms with van der Waals surface area (Å²) in [6.45, 7) is -0.299. The standard InChI is InChI=1S/C17H12ClFN2O4/c1-23-11-7-5-10(6-8-11)16-20-14(25-21-16)9-24-17(22)15-12(18)3-2-4-13(15)19/h2-8H,9H2,1H3. The number of halogens is 2. The molecular formula is C17H12ClFN2O4. The molecule has 0 aliphatic carbocycles. The highest BCUT2D eigenvalue weighted by molar-refractivity contribution is 6.33. The zero-order chi connectivity index (χ0) is 17.8. The Labute approximate surface area is 147 Å². The van der Waals surface area contributed by atoms with Gasteiger partial charge in [-0.3, -0.25) is 0 Å². The lowest BCUT2D eigenvalue weighted by Crippen LogP contribution is -2.08. The predicted molar refractivity (Wildman–Crippen MR) is 86.8 cm³/mol. The molecule has 6 nitrogen and oxygen atoms in total. The monoisotopic (exact) mass is 362 g/mol. The van der Waals surface area contributed by atoms with Gasteiger partial charge in [0.15, 0.2) is 6.61 Å². The molecule has 25 heavy (non-hydrogen) atoms. The van der Waals surface area contributed by atoms with E-state index >= 15 is 0 Å². The average molecular weight is 363 g/mol. The Balaban J connectivity index is 1.68. The molecule has 0 spiro atoms. The van der Waals surface area contributed by atoms with Crippen molar-refractivity contribution in [3.8, 4) is 17.1 Å². The van der Waals surface area contributed by atoms with E-state index in [9.17, 15) is 9.18 Å². The molecule has 0 atom stereocenters. The van der Waals surface area contributed by atoms with Crippen molar-refractivity contribution >= 4 is 17.6 Å². The number of carbonyl (C=O) groups excluding carboxylic acids is 1. The quantitative estimate of drug-likeness (QED) is 0.641. The van der Waals surface area contributed by atoms with Gasteiger partial charge in [0.25, 0.3) is 5.89 Å². The van der Waals surface area contributed by atoms with Crippen molar-refractivity contribution in [1.82, 2.24) is 10.1 Å². The van der Waals surface area contributed by atoms with Crippen LogP contribution in [-0.2, 0) is 11.3 Å². The summed E-state index contributed by atoms with van der Waals surface area (Å²) >= 11 is 5.81. The summed E-state index contributed by atoms with van der Waals surface area (Å²) in [4.78, 5) is 16.1. The van der Waals surface area contributed by atoms with Crippen molar-refractivity contribution in [2.75, 3.05) is 7.11 Å². The minimum atomic E-state index is -0.910. The van der Waals surface area contributed by atoms with Gasteiger partial charge >= 0.3 is 5.97 Å². The fourth-order valence-corrected chi connectivity index (χ4v) is 2.30. The number of hydrogen-bond acceptors (Lipinski definition) is 6. The first-order valence-electron chi connectivity index (χ1n) is 7.16. The minimum absolute atomic E-state index is 0.0329. The summed E-state index contributed by atoms with van der Waals surface area (Å²) in [5.74, 6) is -0.568. The van der Waals surface area contributed by atoms with E-state index in [-0.39, 0.29) is 23.1 Å². The van der Waals surface area contributed by atoms with Crippen LogP contribution in [0, 0.1) is 5.82 Å². The van der Waals surface area contributed by atoms with Crippen LogP contribution in [-0.4, -0.2) is 23.2 Å². The summed E-state index contributed by atoms with van der Waals surface area (Å²) in [6, 6.07) is 11.0. The second-order valence-electron chi connectivity index (χ2n) is 4.91. The first-order chi connectivity index (χ1) is 12.1. The molecule has 1 aromatic heterocycles.